The minimum absolute atomic E-state index is 0.274. The van der Waals surface area contributed by atoms with Gasteiger partial charge in [-0.15, -0.1) is 0 Å². The normalized spacial score (nSPS) is 12.9. The topological polar surface area (TPSA) is 84.2 Å². The number of anilines is 1. The minimum Gasteiger partial charge on any atom is -0.383 e. The number of carbonyl (C=O) groups is 2. The largest absolute Gasteiger partial charge is 0.383 e. The third kappa shape index (κ3) is 7.79. The van der Waals surface area contributed by atoms with Crippen molar-refractivity contribution in [3.8, 4) is 0 Å². The molecule has 0 atom stereocenters. The van der Waals surface area contributed by atoms with Crippen LogP contribution in [0.4, 0.5) is 5.69 Å². The molecule has 0 fully saturated rings. The van der Waals surface area contributed by atoms with Crippen LogP contribution in [0.25, 0.3) is 10.8 Å². The van der Waals surface area contributed by atoms with E-state index in [0.29, 0.717) is 24.2 Å². The van der Waals surface area contributed by atoms with Crippen molar-refractivity contribution in [3.05, 3.63) is 41.0 Å². The molecule has 5 nitrogen and oxygen atoms in total. The predicted octanol–water partition coefficient (Wildman–Crippen LogP) is 7.12. The first-order chi connectivity index (χ1) is 17.2. The summed E-state index contributed by atoms with van der Waals surface area (Å²) >= 11 is 0. The van der Waals surface area contributed by atoms with E-state index in [9.17, 15) is 9.59 Å². The number of hydrogen-bond acceptors (Lipinski definition) is 4. The maximum atomic E-state index is 12.8. The molecule has 0 bridgehead atoms. The monoisotopic (exact) mass is 479 g/mol. The summed E-state index contributed by atoms with van der Waals surface area (Å²) in [5.74, 6) is -0.587. The van der Waals surface area contributed by atoms with Crippen LogP contribution in [0, 0.1) is 0 Å². The lowest BCUT2D eigenvalue weighted by Crippen LogP contribution is -2.35. The average Bonchev–Trinajstić information content (AvgIpc) is 2.86. The standard InChI is InChI=1S/C30H45N3O2/c1-2-3-4-5-6-7-8-9-10-11-12-13-14-15-17-23-22-26(32-21-20-31)24-18-16-19-25-28(24)27(23)30(35)33-29(25)34/h16,18-19,22,32H,2-15,17,20-21,31H2,1H3,(H,33,34,35). The lowest BCUT2D eigenvalue weighted by Gasteiger charge is -2.22. The summed E-state index contributed by atoms with van der Waals surface area (Å²) in [4.78, 5) is 25.2. The zero-order chi connectivity index (χ0) is 24.9. The molecule has 0 aromatic heterocycles. The van der Waals surface area contributed by atoms with E-state index in [-0.39, 0.29) is 11.8 Å². The van der Waals surface area contributed by atoms with Gasteiger partial charge in [-0.25, -0.2) is 0 Å². The van der Waals surface area contributed by atoms with E-state index < -0.39 is 0 Å². The SMILES string of the molecule is CCCCCCCCCCCCCCCCc1cc(NCCN)c2cccc3c2c1C(=O)NC3=O. The molecular formula is C30H45N3O2. The van der Waals surface area contributed by atoms with Crippen LogP contribution >= 0.6 is 0 Å². The zero-order valence-corrected chi connectivity index (χ0v) is 21.7. The van der Waals surface area contributed by atoms with Crippen LogP contribution < -0.4 is 16.4 Å². The second kappa shape index (κ2) is 14.9. The fraction of sp³-hybridized carbons (Fsp3) is 0.600. The van der Waals surface area contributed by atoms with Gasteiger partial charge in [-0.3, -0.25) is 14.9 Å². The van der Waals surface area contributed by atoms with Gasteiger partial charge in [0.15, 0.2) is 0 Å². The molecule has 3 rings (SSSR count). The van der Waals surface area contributed by atoms with Crippen LogP contribution in [-0.4, -0.2) is 24.9 Å². The summed E-state index contributed by atoms with van der Waals surface area (Å²) in [7, 11) is 0. The second-order valence-corrected chi connectivity index (χ2v) is 10.0. The number of unbranched alkanes of at least 4 members (excludes halogenated alkanes) is 13. The molecule has 0 saturated carbocycles. The van der Waals surface area contributed by atoms with Crippen LogP contribution in [0.2, 0.25) is 0 Å². The smallest absolute Gasteiger partial charge is 0.259 e. The van der Waals surface area contributed by atoms with Gasteiger partial charge in [0.25, 0.3) is 11.8 Å². The highest BCUT2D eigenvalue weighted by molar-refractivity contribution is 6.27. The highest BCUT2D eigenvalue weighted by atomic mass is 16.2. The number of hydrogen-bond donors (Lipinski definition) is 3. The molecule has 0 spiro atoms. The first-order valence-electron chi connectivity index (χ1n) is 14.1. The zero-order valence-electron chi connectivity index (χ0n) is 21.7. The van der Waals surface area contributed by atoms with E-state index in [1.54, 1.807) is 6.07 Å². The Labute approximate surface area is 211 Å². The van der Waals surface area contributed by atoms with Gasteiger partial charge in [-0.1, -0.05) is 103 Å². The molecule has 5 heteroatoms. The number of amides is 2. The van der Waals surface area contributed by atoms with Crippen LogP contribution in [0.5, 0.6) is 0 Å². The van der Waals surface area contributed by atoms with Crippen molar-refractivity contribution in [1.82, 2.24) is 5.32 Å². The fourth-order valence-corrected chi connectivity index (χ4v) is 5.27. The Kier molecular flexibility index (Phi) is 11.6. The molecule has 2 aromatic rings. The van der Waals surface area contributed by atoms with Crippen molar-refractivity contribution >= 4 is 28.3 Å². The van der Waals surface area contributed by atoms with Crippen molar-refractivity contribution in [2.24, 2.45) is 5.73 Å². The molecule has 0 saturated heterocycles. The van der Waals surface area contributed by atoms with Crippen molar-refractivity contribution in [2.45, 2.75) is 103 Å². The summed E-state index contributed by atoms with van der Waals surface area (Å²) < 4.78 is 0. The van der Waals surface area contributed by atoms with E-state index >= 15 is 0 Å². The van der Waals surface area contributed by atoms with Crippen molar-refractivity contribution in [2.75, 3.05) is 18.4 Å². The van der Waals surface area contributed by atoms with Crippen LogP contribution in [0.3, 0.4) is 0 Å². The molecule has 192 valence electrons. The maximum Gasteiger partial charge on any atom is 0.259 e. The van der Waals surface area contributed by atoms with Crippen molar-refractivity contribution in [3.63, 3.8) is 0 Å². The van der Waals surface area contributed by atoms with Gasteiger partial charge < -0.3 is 11.1 Å². The lowest BCUT2D eigenvalue weighted by molar-refractivity contribution is 0.0844. The number of nitrogens with one attached hydrogen (secondary N) is 2. The highest BCUT2D eigenvalue weighted by Gasteiger charge is 2.28. The number of benzene rings is 2. The summed E-state index contributed by atoms with van der Waals surface area (Å²) in [5.41, 5.74) is 8.94. The Bertz CT molecular complexity index is 970. The number of carbonyl (C=O) groups excluding carboxylic acids is 2. The first-order valence-corrected chi connectivity index (χ1v) is 14.1. The molecular weight excluding hydrogens is 434 g/mol. The number of aryl methyl sites for hydroxylation is 1. The second-order valence-electron chi connectivity index (χ2n) is 10.0. The number of nitrogens with two attached hydrogens (primary N) is 1. The molecule has 4 N–H and O–H groups in total. The van der Waals surface area contributed by atoms with Crippen LogP contribution in [0.15, 0.2) is 24.3 Å². The van der Waals surface area contributed by atoms with E-state index in [1.807, 2.05) is 12.1 Å². The molecule has 2 amide bonds. The number of rotatable bonds is 18. The van der Waals surface area contributed by atoms with Crippen molar-refractivity contribution in [1.29, 1.82) is 0 Å². The number of imide groups is 1. The Morgan fingerprint density at radius 1 is 0.800 bits per heavy atom. The van der Waals surface area contributed by atoms with Crippen LogP contribution in [-0.2, 0) is 6.42 Å². The molecule has 1 heterocycles. The summed E-state index contributed by atoms with van der Waals surface area (Å²) in [6.07, 6.45) is 19.4. The molecule has 0 aliphatic carbocycles. The molecule has 0 unspecified atom stereocenters. The summed E-state index contributed by atoms with van der Waals surface area (Å²) in [6.45, 7) is 3.45. The van der Waals surface area contributed by atoms with Crippen LogP contribution in [0.1, 0.15) is 123 Å². The van der Waals surface area contributed by atoms with Gasteiger partial charge >= 0.3 is 0 Å². The average molecular weight is 480 g/mol. The van der Waals surface area contributed by atoms with E-state index in [1.165, 1.54) is 83.5 Å². The van der Waals surface area contributed by atoms with Gasteiger partial charge in [-0.2, -0.15) is 0 Å². The molecule has 1 aliphatic rings. The molecule has 1 aliphatic heterocycles. The van der Waals surface area contributed by atoms with Gasteiger partial charge in [0.1, 0.15) is 0 Å². The van der Waals surface area contributed by atoms with Gasteiger partial charge in [0, 0.05) is 35.1 Å². The third-order valence-electron chi connectivity index (χ3n) is 7.20. The highest BCUT2D eigenvalue weighted by Crippen LogP contribution is 2.35. The van der Waals surface area contributed by atoms with Gasteiger partial charge in [-0.05, 0) is 30.5 Å². The lowest BCUT2D eigenvalue weighted by atomic mass is 9.88. The summed E-state index contributed by atoms with van der Waals surface area (Å²) in [6, 6.07) is 7.74. The maximum absolute atomic E-state index is 12.8. The van der Waals surface area contributed by atoms with Crippen molar-refractivity contribution < 1.29 is 9.59 Å². The van der Waals surface area contributed by atoms with E-state index in [0.717, 1.165) is 34.9 Å². The molecule has 0 radical (unpaired) electrons. The Morgan fingerprint density at radius 3 is 2.00 bits per heavy atom. The first kappa shape index (κ1) is 27.2. The van der Waals surface area contributed by atoms with E-state index in [4.69, 9.17) is 5.73 Å². The Balaban J connectivity index is 1.46. The Morgan fingerprint density at radius 2 is 1.40 bits per heavy atom. The fourth-order valence-electron chi connectivity index (χ4n) is 5.27. The van der Waals surface area contributed by atoms with Gasteiger partial charge in [0.05, 0.1) is 5.56 Å². The minimum atomic E-state index is -0.313. The van der Waals surface area contributed by atoms with Gasteiger partial charge in [0.2, 0.25) is 0 Å². The van der Waals surface area contributed by atoms with E-state index in [2.05, 4.69) is 23.6 Å². The third-order valence-corrected chi connectivity index (χ3v) is 7.20. The molecule has 35 heavy (non-hydrogen) atoms. The Hall–Kier alpha value is -2.40. The quantitative estimate of drug-likeness (QED) is 0.157. The molecule has 2 aromatic carbocycles. The summed E-state index contributed by atoms with van der Waals surface area (Å²) in [5, 5.41) is 7.62. The predicted molar refractivity (Wildman–Crippen MR) is 147 cm³/mol.